The lowest BCUT2D eigenvalue weighted by atomic mass is 10.1. The van der Waals surface area contributed by atoms with E-state index < -0.39 is 11.7 Å². The number of alkyl halides is 3. The van der Waals surface area contributed by atoms with E-state index >= 15 is 0 Å². The van der Waals surface area contributed by atoms with E-state index in [2.05, 4.69) is 27.0 Å². The Morgan fingerprint density at radius 2 is 2.08 bits per heavy atom. The molecule has 0 amide bonds. The third-order valence-electron chi connectivity index (χ3n) is 3.39. The van der Waals surface area contributed by atoms with Gasteiger partial charge in [0.2, 0.25) is 0 Å². The van der Waals surface area contributed by atoms with Crippen LogP contribution in [0, 0.1) is 11.3 Å². The van der Waals surface area contributed by atoms with Crippen LogP contribution in [-0.4, -0.2) is 16.9 Å². The van der Waals surface area contributed by atoms with E-state index in [1.165, 1.54) is 17.4 Å². The molecule has 0 atom stereocenters. The molecule has 3 nitrogen and oxygen atoms in total. The van der Waals surface area contributed by atoms with Crippen molar-refractivity contribution in [2.75, 3.05) is 7.05 Å². The van der Waals surface area contributed by atoms with Gasteiger partial charge < -0.3 is 4.90 Å². The van der Waals surface area contributed by atoms with Gasteiger partial charge in [-0.15, -0.1) is 11.3 Å². The Morgan fingerprint density at radius 1 is 1.33 bits per heavy atom. The molecule has 2 aromatic rings. The summed E-state index contributed by atoms with van der Waals surface area (Å²) in [5.74, 6) is 0. The Kier molecular flexibility index (Phi) is 4.24. The molecule has 0 fully saturated rings. The maximum Gasteiger partial charge on any atom is 0.416 e. The largest absolute Gasteiger partial charge is 0.416 e. The first-order chi connectivity index (χ1) is 11.3. The molecule has 1 aromatic carbocycles. The highest BCUT2D eigenvalue weighted by atomic mass is 79.9. The molecule has 0 bridgehead atoms. The number of rotatable bonds is 1. The molecule has 1 aromatic heterocycles. The van der Waals surface area contributed by atoms with Gasteiger partial charge in [0.25, 0.3) is 0 Å². The van der Waals surface area contributed by atoms with Crippen molar-refractivity contribution in [1.29, 1.82) is 5.26 Å². The van der Waals surface area contributed by atoms with E-state index in [0.717, 1.165) is 16.6 Å². The zero-order chi connectivity index (χ0) is 17.5. The minimum absolute atomic E-state index is 0.234. The molecule has 24 heavy (non-hydrogen) atoms. The van der Waals surface area contributed by atoms with Gasteiger partial charge in [-0.1, -0.05) is 0 Å². The van der Waals surface area contributed by atoms with Crippen LogP contribution in [0.4, 0.5) is 13.2 Å². The number of aromatic nitrogens is 1. The summed E-state index contributed by atoms with van der Waals surface area (Å²) >= 11 is 4.54. The van der Waals surface area contributed by atoms with Crippen molar-refractivity contribution < 1.29 is 13.2 Å². The highest BCUT2D eigenvalue weighted by molar-refractivity contribution is 9.11. The fourth-order valence-corrected chi connectivity index (χ4v) is 3.65. The van der Waals surface area contributed by atoms with E-state index in [-0.39, 0.29) is 5.52 Å². The molecule has 3 rings (SSSR count). The van der Waals surface area contributed by atoms with Crippen LogP contribution in [0.1, 0.15) is 10.6 Å². The molecular formula is C16H9BrF3N3S. The molecule has 0 radical (unpaired) electrons. The summed E-state index contributed by atoms with van der Waals surface area (Å²) in [6, 6.07) is 5.52. The van der Waals surface area contributed by atoms with Gasteiger partial charge in [-0.05, 0) is 46.3 Å². The number of allylic oxidation sites excluding steroid dienone is 4. The smallest absolute Gasteiger partial charge is 0.349 e. The van der Waals surface area contributed by atoms with Gasteiger partial charge in [-0.2, -0.15) is 18.4 Å². The highest BCUT2D eigenvalue weighted by Gasteiger charge is 2.31. The van der Waals surface area contributed by atoms with Crippen LogP contribution in [0.15, 0.2) is 46.7 Å². The SMILES string of the molecule is CN1C=C(Br)C=C/C1=C(/C#N)c1nc2cc(C(F)(F)F)ccc2s1. The predicted octanol–water partition coefficient (Wildman–Crippen LogP) is 5.29. The Balaban J connectivity index is 2.12. The standard InChI is InChI=1S/C16H9BrF3N3S/c1-23-8-10(17)3-4-13(23)11(7-21)15-22-12-6-9(16(18,19)20)2-5-14(12)24-15/h2-6,8H,1H3/b13-11+. The minimum atomic E-state index is -4.42. The van der Waals surface area contributed by atoms with Crippen molar-refractivity contribution >= 4 is 43.1 Å². The number of benzene rings is 1. The van der Waals surface area contributed by atoms with E-state index in [1.807, 2.05) is 0 Å². The molecule has 122 valence electrons. The number of nitriles is 1. The Morgan fingerprint density at radius 3 is 2.71 bits per heavy atom. The number of thiazole rings is 1. The average molecular weight is 412 g/mol. The van der Waals surface area contributed by atoms with Crippen molar-refractivity contribution in [1.82, 2.24) is 9.88 Å². The van der Waals surface area contributed by atoms with Crippen LogP contribution in [0.2, 0.25) is 0 Å². The molecule has 0 unspecified atom stereocenters. The average Bonchev–Trinajstić information content (AvgIpc) is 2.91. The fraction of sp³-hybridized carbons (Fsp3) is 0.125. The van der Waals surface area contributed by atoms with Crippen molar-refractivity contribution in [2.24, 2.45) is 0 Å². The molecule has 0 N–H and O–H groups in total. The predicted molar refractivity (Wildman–Crippen MR) is 91.1 cm³/mol. The Hall–Kier alpha value is -2.11. The van der Waals surface area contributed by atoms with Crippen LogP contribution in [0.3, 0.4) is 0 Å². The second-order valence-corrected chi connectivity index (χ2v) is 6.98. The number of hydrogen-bond donors (Lipinski definition) is 0. The van der Waals surface area contributed by atoms with Gasteiger partial charge in [0, 0.05) is 17.7 Å². The Labute approximate surface area is 148 Å². The maximum absolute atomic E-state index is 12.8. The van der Waals surface area contributed by atoms with Crippen molar-refractivity contribution in [3.8, 4) is 6.07 Å². The number of hydrogen-bond acceptors (Lipinski definition) is 4. The van der Waals surface area contributed by atoms with Crippen LogP contribution in [0.25, 0.3) is 15.8 Å². The third-order valence-corrected chi connectivity index (χ3v) is 4.92. The summed E-state index contributed by atoms with van der Waals surface area (Å²) in [4.78, 5) is 5.99. The summed E-state index contributed by atoms with van der Waals surface area (Å²) < 4.78 is 39.9. The van der Waals surface area contributed by atoms with Crippen molar-refractivity contribution in [2.45, 2.75) is 6.18 Å². The number of fused-ring (bicyclic) bond motifs is 1. The lowest BCUT2D eigenvalue weighted by molar-refractivity contribution is -0.137. The highest BCUT2D eigenvalue weighted by Crippen LogP contribution is 2.35. The first-order valence-electron chi connectivity index (χ1n) is 6.70. The molecular weight excluding hydrogens is 403 g/mol. The summed E-state index contributed by atoms with van der Waals surface area (Å²) in [5.41, 5.74) is 0.437. The number of likely N-dealkylation sites (N-methyl/N-ethyl adjacent to an activating group) is 1. The Bertz CT molecular complexity index is 948. The molecule has 2 heterocycles. The van der Waals surface area contributed by atoms with Crippen molar-refractivity contribution in [3.63, 3.8) is 0 Å². The maximum atomic E-state index is 12.8. The van der Waals surface area contributed by atoms with Crippen LogP contribution < -0.4 is 0 Å². The van der Waals surface area contributed by atoms with Crippen LogP contribution in [-0.2, 0) is 6.18 Å². The molecule has 0 aliphatic carbocycles. The van der Waals surface area contributed by atoms with Gasteiger partial charge in [0.1, 0.15) is 16.6 Å². The van der Waals surface area contributed by atoms with Gasteiger partial charge in [0.05, 0.1) is 21.5 Å². The van der Waals surface area contributed by atoms with Gasteiger partial charge in [0.15, 0.2) is 0 Å². The van der Waals surface area contributed by atoms with E-state index in [4.69, 9.17) is 0 Å². The normalized spacial score (nSPS) is 17.0. The summed E-state index contributed by atoms with van der Waals surface area (Å²) in [6.07, 6.45) is 0.928. The quantitative estimate of drug-likeness (QED) is 0.598. The topological polar surface area (TPSA) is 39.9 Å². The summed E-state index contributed by atoms with van der Waals surface area (Å²) in [7, 11) is 1.78. The first kappa shape index (κ1) is 16.7. The summed E-state index contributed by atoms with van der Waals surface area (Å²) in [5, 5.41) is 9.90. The summed E-state index contributed by atoms with van der Waals surface area (Å²) in [6.45, 7) is 0. The van der Waals surface area contributed by atoms with Crippen LogP contribution >= 0.6 is 27.3 Å². The molecule has 8 heteroatoms. The zero-order valence-electron chi connectivity index (χ0n) is 12.2. The molecule has 0 saturated heterocycles. The van der Waals surface area contributed by atoms with E-state index in [1.54, 1.807) is 30.3 Å². The first-order valence-corrected chi connectivity index (χ1v) is 8.31. The second-order valence-electron chi connectivity index (χ2n) is 5.03. The molecule has 0 saturated carbocycles. The monoisotopic (exact) mass is 411 g/mol. The number of nitrogens with zero attached hydrogens (tertiary/aromatic N) is 3. The zero-order valence-corrected chi connectivity index (χ0v) is 14.6. The van der Waals surface area contributed by atoms with Gasteiger partial charge >= 0.3 is 6.18 Å². The van der Waals surface area contributed by atoms with Gasteiger partial charge in [-0.3, -0.25) is 0 Å². The van der Waals surface area contributed by atoms with Gasteiger partial charge in [-0.25, -0.2) is 4.98 Å². The molecule has 1 aliphatic heterocycles. The minimum Gasteiger partial charge on any atom is -0.349 e. The van der Waals surface area contributed by atoms with E-state index in [0.29, 0.717) is 21.0 Å². The molecule has 0 spiro atoms. The van der Waals surface area contributed by atoms with Crippen LogP contribution in [0.5, 0.6) is 0 Å². The lowest BCUT2D eigenvalue weighted by Gasteiger charge is -2.20. The van der Waals surface area contributed by atoms with Crippen molar-refractivity contribution in [3.05, 3.63) is 57.3 Å². The second kappa shape index (κ2) is 6.07. The number of halogens is 4. The van der Waals surface area contributed by atoms with E-state index in [9.17, 15) is 18.4 Å². The molecule has 1 aliphatic rings. The lowest BCUT2D eigenvalue weighted by Crippen LogP contribution is -2.13. The fourth-order valence-electron chi connectivity index (χ4n) is 2.26. The third kappa shape index (κ3) is 3.09.